The highest BCUT2D eigenvalue weighted by atomic mass is 35.5. The minimum absolute atomic E-state index is 0.167. The fourth-order valence-corrected chi connectivity index (χ4v) is 6.27. The summed E-state index contributed by atoms with van der Waals surface area (Å²) in [5.41, 5.74) is 0.0122. The minimum atomic E-state index is -1.29. The van der Waals surface area contributed by atoms with Crippen molar-refractivity contribution in [1.29, 1.82) is 0 Å². The molecule has 3 aromatic carbocycles. The molecule has 7 nitrogen and oxygen atoms in total. The van der Waals surface area contributed by atoms with Crippen LogP contribution in [0.5, 0.6) is 11.5 Å². The lowest BCUT2D eigenvalue weighted by atomic mass is 9.71. The Kier molecular flexibility index (Phi) is 8.97. The Morgan fingerprint density at radius 3 is 2.20 bits per heavy atom. The average molecular weight is 576 g/mol. The van der Waals surface area contributed by atoms with Gasteiger partial charge < -0.3 is 20.1 Å². The molecule has 216 valence electrons. The molecule has 5 rings (SSSR count). The van der Waals surface area contributed by atoms with E-state index in [2.05, 4.69) is 22.0 Å². The summed E-state index contributed by atoms with van der Waals surface area (Å²) in [5.74, 6) is 0.162. The van der Waals surface area contributed by atoms with Crippen molar-refractivity contribution in [3.8, 4) is 11.5 Å². The highest BCUT2D eigenvalue weighted by Gasteiger charge is 2.49. The topological polar surface area (TPSA) is 82.1 Å². The van der Waals surface area contributed by atoms with Crippen LogP contribution in [0.15, 0.2) is 78.9 Å². The molecule has 0 bridgehead atoms. The Morgan fingerprint density at radius 2 is 1.54 bits per heavy atom. The van der Waals surface area contributed by atoms with E-state index in [0.29, 0.717) is 61.8 Å². The molecule has 0 saturated carbocycles. The summed E-state index contributed by atoms with van der Waals surface area (Å²) in [7, 11) is 0. The summed E-state index contributed by atoms with van der Waals surface area (Å²) in [6.45, 7) is 6.47. The second-order valence-corrected chi connectivity index (χ2v) is 11.6. The monoisotopic (exact) mass is 575 g/mol. The van der Waals surface area contributed by atoms with Gasteiger partial charge in [0.25, 0.3) is 0 Å². The van der Waals surface area contributed by atoms with Crippen molar-refractivity contribution in [2.24, 2.45) is 0 Å². The lowest BCUT2D eigenvalue weighted by Gasteiger charge is -2.45. The summed E-state index contributed by atoms with van der Waals surface area (Å²) in [5, 5.41) is 14.0. The summed E-state index contributed by atoms with van der Waals surface area (Å²) in [4.78, 5) is 31.3. The fourth-order valence-electron chi connectivity index (χ4n) is 6.10. The van der Waals surface area contributed by atoms with Crippen molar-refractivity contribution in [1.82, 2.24) is 15.1 Å². The molecule has 0 atom stereocenters. The largest absolute Gasteiger partial charge is 0.480 e. The number of carboxylic acids is 1. The van der Waals surface area contributed by atoms with Crippen LogP contribution in [0.3, 0.4) is 0 Å². The molecule has 3 aromatic rings. The number of para-hydroxylation sites is 1. The van der Waals surface area contributed by atoms with Gasteiger partial charge in [-0.3, -0.25) is 9.69 Å². The van der Waals surface area contributed by atoms with Crippen molar-refractivity contribution in [3.63, 3.8) is 0 Å². The number of aliphatic carboxylic acids is 1. The van der Waals surface area contributed by atoms with E-state index in [9.17, 15) is 14.7 Å². The zero-order valence-electron chi connectivity index (χ0n) is 23.5. The third kappa shape index (κ3) is 6.43. The first-order valence-corrected chi connectivity index (χ1v) is 14.8. The molecule has 2 aliphatic rings. The van der Waals surface area contributed by atoms with Crippen molar-refractivity contribution in [2.75, 3.05) is 32.7 Å². The van der Waals surface area contributed by atoms with Crippen molar-refractivity contribution in [2.45, 2.75) is 50.1 Å². The van der Waals surface area contributed by atoms with Gasteiger partial charge in [0, 0.05) is 19.6 Å². The third-order valence-electron chi connectivity index (χ3n) is 8.76. The quantitative estimate of drug-likeness (QED) is 0.339. The number of hydrogen-bond acceptors (Lipinski definition) is 5. The highest BCUT2D eigenvalue weighted by molar-refractivity contribution is 6.32. The van der Waals surface area contributed by atoms with E-state index in [4.69, 9.17) is 16.3 Å². The molecule has 0 spiro atoms. The van der Waals surface area contributed by atoms with Crippen LogP contribution in [0.1, 0.15) is 43.7 Å². The minimum Gasteiger partial charge on any atom is -0.480 e. The molecule has 0 aromatic heterocycles. The smallest absolute Gasteiger partial charge is 0.329 e. The number of carbonyl (C=O) groups is 2. The number of ether oxygens (including phenoxy) is 1. The predicted octanol–water partition coefficient (Wildman–Crippen LogP) is 5.72. The molecule has 0 aliphatic carbocycles. The van der Waals surface area contributed by atoms with Gasteiger partial charge in [0.2, 0.25) is 5.91 Å². The van der Waals surface area contributed by atoms with E-state index < -0.39 is 16.9 Å². The van der Waals surface area contributed by atoms with Crippen LogP contribution in [0.4, 0.5) is 0 Å². The lowest BCUT2D eigenvalue weighted by Crippen LogP contribution is -2.64. The second kappa shape index (κ2) is 12.6. The van der Waals surface area contributed by atoms with E-state index in [-0.39, 0.29) is 5.91 Å². The third-order valence-corrected chi connectivity index (χ3v) is 9.07. The first-order valence-electron chi connectivity index (χ1n) is 14.4. The van der Waals surface area contributed by atoms with Crippen LogP contribution in [-0.4, -0.2) is 65.0 Å². The van der Waals surface area contributed by atoms with Gasteiger partial charge in [-0.25, -0.2) is 4.79 Å². The zero-order chi connectivity index (χ0) is 28.9. The molecule has 1 amide bonds. The lowest BCUT2D eigenvalue weighted by molar-refractivity contribution is -0.151. The molecule has 41 heavy (non-hydrogen) atoms. The number of carbonyl (C=O) groups excluding carboxylic acids is 1. The van der Waals surface area contributed by atoms with Crippen LogP contribution < -0.4 is 10.1 Å². The second-order valence-electron chi connectivity index (χ2n) is 11.2. The number of benzene rings is 3. The Balaban J connectivity index is 1.26. The number of carboxylic acid groups (broad SMARTS) is 1. The van der Waals surface area contributed by atoms with Gasteiger partial charge in [0.15, 0.2) is 0 Å². The highest BCUT2D eigenvalue weighted by Crippen LogP contribution is 2.37. The summed E-state index contributed by atoms with van der Waals surface area (Å²) < 4.78 is 5.99. The number of nitrogens with one attached hydrogen (secondary N) is 1. The van der Waals surface area contributed by atoms with Gasteiger partial charge in [-0.1, -0.05) is 73.1 Å². The molecule has 2 saturated heterocycles. The molecular weight excluding hydrogens is 538 g/mol. The number of likely N-dealkylation sites (tertiary alicyclic amines) is 2. The van der Waals surface area contributed by atoms with Gasteiger partial charge in [-0.15, -0.1) is 0 Å². The summed E-state index contributed by atoms with van der Waals surface area (Å²) in [6.07, 6.45) is 2.03. The molecule has 0 unspecified atom stereocenters. The molecule has 2 aliphatic heterocycles. The van der Waals surface area contributed by atoms with Crippen LogP contribution in [0, 0.1) is 0 Å². The van der Waals surface area contributed by atoms with Crippen LogP contribution in [0.2, 0.25) is 5.02 Å². The van der Waals surface area contributed by atoms with E-state index in [1.54, 1.807) is 6.07 Å². The number of hydrogen-bond donors (Lipinski definition) is 2. The number of nitrogens with zero attached hydrogens (tertiary/aromatic N) is 2. The van der Waals surface area contributed by atoms with E-state index in [1.807, 2.05) is 72.8 Å². The van der Waals surface area contributed by atoms with E-state index in [1.165, 1.54) is 0 Å². The van der Waals surface area contributed by atoms with Crippen LogP contribution in [0.25, 0.3) is 0 Å². The normalized spacial score (nSPS) is 18.9. The van der Waals surface area contributed by atoms with E-state index in [0.717, 1.165) is 30.8 Å². The molecule has 2 fully saturated rings. The predicted molar refractivity (Wildman–Crippen MR) is 160 cm³/mol. The number of piperidine rings is 2. The molecule has 8 heteroatoms. The van der Waals surface area contributed by atoms with Crippen molar-refractivity contribution in [3.05, 3.63) is 95.0 Å². The Bertz CT molecular complexity index is 1350. The summed E-state index contributed by atoms with van der Waals surface area (Å²) in [6, 6.07) is 25.1. The molecule has 2 heterocycles. The SMILES string of the molecule is CCN1CCC(C(=O)NC2(C(=O)O)CCN(Cc3cccc(Oc4ccccc4Cl)c3)CC2)(c2ccccc2)CC1. The van der Waals surface area contributed by atoms with Crippen molar-refractivity contribution >= 4 is 23.5 Å². The van der Waals surface area contributed by atoms with Crippen LogP contribution >= 0.6 is 11.6 Å². The first kappa shape index (κ1) is 29.1. The van der Waals surface area contributed by atoms with Gasteiger partial charge in [-0.2, -0.15) is 0 Å². The number of rotatable bonds is 9. The summed E-state index contributed by atoms with van der Waals surface area (Å²) >= 11 is 6.25. The molecule has 2 N–H and O–H groups in total. The maximum atomic E-state index is 14.0. The maximum absolute atomic E-state index is 14.0. The average Bonchev–Trinajstić information content (AvgIpc) is 3.00. The Labute approximate surface area is 247 Å². The fraction of sp³-hybridized carbons (Fsp3) is 0.394. The zero-order valence-corrected chi connectivity index (χ0v) is 24.3. The van der Waals surface area contributed by atoms with Gasteiger partial charge >= 0.3 is 5.97 Å². The Morgan fingerprint density at radius 1 is 0.878 bits per heavy atom. The molecule has 0 radical (unpaired) electrons. The Hall–Kier alpha value is -3.39. The van der Waals surface area contributed by atoms with Gasteiger partial charge in [-0.05, 0) is 80.7 Å². The van der Waals surface area contributed by atoms with Crippen LogP contribution in [-0.2, 0) is 21.5 Å². The standard InChI is InChI=1S/C33H38ClN3O4/c1-2-36-19-15-32(16-20-36,26-10-4-3-5-11-26)30(38)35-33(31(39)40)17-21-37(22-18-33)24-25-9-8-12-27(23-25)41-29-14-7-6-13-28(29)34/h3-14,23H,2,15-22,24H2,1H3,(H,35,38)(H,39,40). The van der Waals surface area contributed by atoms with Crippen molar-refractivity contribution < 1.29 is 19.4 Å². The molecular formula is C33H38ClN3O4. The van der Waals surface area contributed by atoms with Gasteiger partial charge in [0.1, 0.15) is 17.0 Å². The number of amides is 1. The van der Waals surface area contributed by atoms with Gasteiger partial charge in [0.05, 0.1) is 10.4 Å². The van der Waals surface area contributed by atoms with E-state index >= 15 is 0 Å². The number of halogens is 1. The first-order chi connectivity index (χ1) is 19.8. The maximum Gasteiger partial charge on any atom is 0.329 e.